The average Bonchev–Trinajstić information content (AvgIpc) is 3.08. The third-order valence-corrected chi connectivity index (χ3v) is 5.45. The van der Waals surface area contributed by atoms with E-state index in [4.69, 9.17) is 9.26 Å². The molecule has 3 aliphatic rings. The molecule has 7 heteroatoms. The number of piperidine rings is 3. The average molecular weight is 392 g/mol. The first kappa shape index (κ1) is 19.9. The van der Waals surface area contributed by atoms with Crippen molar-refractivity contribution in [2.75, 3.05) is 26.2 Å². The molecule has 1 unspecified atom stereocenters. The molecule has 1 atom stereocenters. The van der Waals surface area contributed by atoms with Crippen molar-refractivity contribution in [2.24, 2.45) is 5.92 Å². The van der Waals surface area contributed by atoms with Crippen molar-refractivity contribution < 1.29 is 14.4 Å². The largest absolute Gasteiger partial charge is 0.490 e. The molecular formula is C20H26ClN3O3. The van der Waals surface area contributed by atoms with Crippen molar-refractivity contribution in [1.82, 2.24) is 15.0 Å². The van der Waals surface area contributed by atoms with Gasteiger partial charge in [0.25, 0.3) is 5.89 Å². The number of benzene rings is 1. The zero-order chi connectivity index (χ0) is 18.1. The number of rotatable bonds is 5. The molecule has 0 spiro atoms. The maximum atomic E-state index is 11.1. The number of halogens is 1. The summed E-state index contributed by atoms with van der Waals surface area (Å²) in [5, 5.41) is 14.9. The Labute approximate surface area is 165 Å². The fourth-order valence-corrected chi connectivity index (χ4v) is 4.05. The number of aryl methyl sites for hydroxylation is 1. The highest BCUT2D eigenvalue weighted by Crippen LogP contribution is 2.36. The van der Waals surface area contributed by atoms with Crippen molar-refractivity contribution in [3.63, 3.8) is 0 Å². The van der Waals surface area contributed by atoms with Crippen LogP contribution in [0, 0.1) is 12.8 Å². The third-order valence-electron chi connectivity index (χ3n) is 5.45. The minimum atomic E-state index is -0.758. The van der Waals surface area contributed by atoms with Crippen LogP contribution in [0.2, 0.25) is 0 Å². The van der Waals surface area contributed by atoms with Gasteiger partial charge in [-0.3, -0.25) is 0 Å². The van der Waals surface area contributed by atoms with Gasteiger partial charge in [0.2, 0.25) is 0 Å². The van der Waals surface area contributed by atoms with Crippen LogP contribution in [-0.2, 0) is 0 Å². The molecule has 2 aromatic rings. The van der Waals surface area contributed by atoms with Crippen LogP contribution in [-0.4, -0.2) is 52.0 Å². The van der Waals surface area contributed by atoms with E-state index in [1.807, 2.05) is 37.3 Å². The quantitative estimate of drug-likeness (QED) is 0.842. The molecule has 146 valence electrons. The predicted octanol–water partition coefficient (Wildman–Crippen LogP) is 3.34. The third kappa shape index (κ3) is 4.03. The number of fused-ring (bicyclic) bond motifs is 3. The Bertz CT molecular complexity index is 815. The molecule has 1 aromatic carbocycles. The van der Waals surface area contributed by atoms with Crippen LogP contribution in [0.5, 0.6) is 5.75 Å². The monoisotopic (exact) mass is 391 g/mol. The van der Waals surface area contributed by atoms with Crippen molar-refractivity contribution in [2.45, 2.75) is 32.3 Å². The van der Waals surface area contributed by atoms with E-state index in [0.29, 0.717) is 30.8 Å². The molecule has 3 fully saturated rings. The van der Waals surface area contributed by atoms with E-state index in [-0.39, 0.29) is 12.4 Å². The first-order chi connectivity index (χ1) is 12.6. The number of aliphatic hydroxyl groups is 1. The normalized spacial score (nSPS) is 26.9. The van der Waals surface area contributed by atoms with E-state index in [2.05, 4.69) is 15.0 Å². The summed E-state index contributed by atoms with van der Waals surface area (Å²) in [5.41, 5.74) is 1.03. The van der Waals surface area contributed by atoms with E-state index in [0.717, 1.165) is 42.8 Å². The topological polar surface area (TPSA) is 71.6 Å². The highest BCUT2D eigenvalue weighted by Gasteiger charge is 2.46. The van der Waals surface area contributed by atoms with Gasteiger partial charge in [0, 0.05) is 17.7 Å². The van der Waals surface area contributed by atoms with Crippen molar-refractivity contribution >= 4 is 18.5 Å². The van der Waals surface area contributed by atoms with Gasteiger partial charge in [-0.1, -0.05) is 17.3 Å². The summed E-state index contributed by atoms with van der Waals surface area (Å²) in [7, 11) is 0. The molecule has 6 nitrogen and oxygen atoms in total. The Balaban J connectivity index is 0.00000210. The molecule has 3 aliphatic heterocycles. The summed E-state index contributed by atoms with van der Waals surface area (Å²) in [4.78, 5) is 6.61. The first-order valence-corrected chi connectivity index (χ1v) is 9.22. The molecule has 0 radical (unpaired) electrons. The number of hydrogen-bond acceptors (Lipinski definition) is 6. The minimum absolute atomic E-state index is 0. The van der Waals surface area contributed by atoms with E-state index >= 15 is 0 Å². The summed E-state index contributed by atoms with van der Waals surface area (Å²) in [5.74, 6) is 2.19. The van der Waals surface area contributed by atoms with Crippen molar-refractivity contribution in [1.29, 1.82) is 0 Å². The van der Waals surface area contributed by atoms with Gasteiger partial charge in [-0.2, -0.15) is 4.98 Å². The fourth-order valence-electron chi connectivity index (χ4n) is 4.05. The van der Waals surface area contributed by atoms with E-state index in [1.54, 1.807) is 6.92 Å². The molecule has 5 rings (SSSR count). The van der Waals surface area contributed by atoms with Gasteiger partial charge in [-0.15, -0.1) is 12.4 Å². The lowest BCUT2D eigenvalue weighted by Gasteiger charge is -2.50. The standard InChI is InChI=1S/C20H25N3O3.ClH/c1-3-4-15-11-16(19-21-14(2)22-26-19)5-6-18(15)25-13-20(24)12-23-9-7-17(20)8-10-23;/h3-6,11,17,24H,7-10,12-13H2,1-2H3;1H/b4-3+;. The summed E-state index contributed by atoms with van der Waals surface area (Å²) in [6.45, 7) is 6.97. The van der Waals surface area contributed by atoms with Gasteiger partial charge in [-0.05, 0) is 63.9 Å². The molecular weight excluding hydrogens is 366 g/mol. The van der Waals surface area contributed by atoms with E-state index in [9.17, 15) is 5.11 Å². The lowest BCUT2D eigenvalue weighted by Crippen LogP contribution is -2.61. The zero-order valence-electron chi connectivity index (χ0n) is 15.7. The Hall–Kier alpha value is -1.89. The van der Waals surface area contributed by atoms with Crippen LogP contribution in [0.15, 0.2) is 28.8 Å². The Morgan fingerprint density at radius 3 is 2.74 bits per heavy atom. The number of ether oxygens (including phenoxy) is 1. The number of hydrogen-bond donors (Lipinski definition) is 1. The fraction of sp³-hybridized carbons (Fsp3) is 0.500. The second-order valence-corrected chi connectivity index (χ2v) is 7.34. The lowest BCUT2D eigenvalue weighted by atomic mass is 9.76. The van der Waals surface area contributed by atoms with Crippen LogP contribution in [0.25, 0.3) is 17.5 Å². The molecule has 0 aliphatic carbocycles. The predicted molar refractivity (Wildman–Crippen MR) is 106 cm³/mol. The van der Waals surface area contributed by atoms with Gasteiger partial charge < -0.3 is 19.3 Å². The summed E-state index contributed by atoms with van der Waals surface area (Å²) >= 11 is 0. The zero-order valence-corrected chi connectivity index (χ0v) is 16.5. The summed E-state index contributed by atoms with van der Waals surface area (Å²) in [6, 6.07) is 5.80. The molecule has 0 saturated carbocycles. The van der Waals surface area contributed by atoms with Crippen molar-refractivity contribution in [3.05, 3.63) is 35.7 Å². The number of allylic oxidation sites excluding steroid dienone is 1. The molecule has 1 N–H and O–H groups in total. The Kier molecular flexibility index (Phi) is 5.89. The molecule has 2 bridgehead atoms. The maximum absolute atomic E-state index is 11.1. The smallest absolute Gasteiger partial charge is 0.257 e. The van der Waals surface area contributed by atoms with Gasteiger partial charge in [0.05, 0.1) is 0 Å². The van der Waals surface area contributed by atoms with E-state index in [1.165, 1.54) is 0 Å². The van der Waals surface area contributed by atoms with Crippen LogP contribution in [0.3, 0.4) is 0 Å². The maximum Gasteiger partial charge on any atom is 0.257 e. The van der Waals surface area contributed by atoms with Gasteiger partial charge >= 0.3 is 0 Å². The van der Waals surface area contributed by atoms with Crippen LogP contribution in [0.4, 0.5) is 0 Å². The highest BCUT2D eigenvalue weighted by molar-refractivity contribution is 5.85. The molecule has 0 amide bonds. The highest BCUT2D eigenvalue weighted by atomic mass is 35.5. The van der Waals surface area contributed by atoms with Crippen molar-refractivity contribution in [3.8, 4) is 17.2 Å². The van der Waals surface area contributed by atoms with Crippen LogP contribution < -0.4 is 4.74 Å². The second kappa shape index (κ2) is 8.00. The molecule has 1 aromatic heterocycles. The van der Waals surface area contributed by atoms with E-state index < -0.39 is 5.60 Å². The second-order valence-electron chi connectivity index (χ2n) is 7.34. The van der Waals surface area contributed by atoms with Gasteiger partial charge in [-0.25, -0.2) is 0 Å². The Morgan fingerprint density at radius 1 is 1.37 bits per heavy atom. The molecule has 3 saturated heterocycles. The van der Waals surface area contributed by atoms with Gasteiger partial charge in [0.1, 0.15) is 18.0 Å². The number of aromatic nitrogens is 2. The summed E-state index contributed by atoms with van der Waals surface area (Å²) in [6.07, 6.45) is 6.06. The van der Waals surface area contributed by atoms with Crippen LogP contribution in [0.1, 0.15) is 31.2 Å². The SMILES string of the molecule is C/C=C/c1cc(-c2nc(C)no2)ccc1OCC1(O)CN2CCC1CC2.Cl. The first-order valence-electron chi connectivity index (χ1n) is 9.22. The summed E-state index contributed by atoms with van der Waals surface area (Å²) < 4.78 is 11.3. The Morgan fingerprint density at radius 2 is 2.15 bits per heavy atom. The lowest BCUT2D eigenvalue weighted by molar-refractivity contribution is -0.131. The van der Waals surface area contributed by atoms with Crippen LogP contribution >= 0.6 is 12.4 Å². The van der Waals surface area contributed by atoms with Gasteiger partial charge in [0.15, 0.2) is 5.82 Å². The number of nitrogens with zero attached hydrogens (tertiary/aromatic N) is 3. The molecule has 4 heterocycles. The molecule has 27 heavy (non-hydrogen) atoms. The minimum Gasteiger partial charge on any atom is -0.490 e.